The Kier molecular flexibility index (Phi) is 7.59. The number of pyridine rings is 1. The van der Waals surface area contributed by atoms with Crippen LogP contribution in [0.3, 0.4) is 0 Å². The van der Waals surface area contributed by atoms with E-state index in [0.29, 0.717) is 0 Å². The lowest BCUT2D eigenvalue weighted by atomic mass is 9.97. The monoisotopic (exact) mass is 514 g/mol. The van der Waals surface area contributed by atoms with Gasteiger partial charge in [-0.1, -0.05) is 0 Å². The molecule has 13 heteroatoms. The molecule has 7 nitrogen and oxygen atoms in total. The summed E-state index contributed by atoms with van der Waals surface area (Å²) < 4.78 is 90.5. The van der Waals surface area contributed by atoms with E-state index in [4.69, 9.17) is 9.47 Å². The largest absolute Gasteiger partial charge is 0.457 e. The zero-order chi connectivity index (χ0) is 25.9. The number of hydrogen-bond acceptors (Lipinski definition) is 7. The summed E-state index contributed by atoms with van der Waals surface area (Å²) in [6.07, 6.45) is -2.26. The summed E-state index contributed by atoms with van der Waals surface area (Å²) >= 11 is 0. The van der Waals surface area contributed by atoms with Gasteiger partial charge in [-0.15, -0.1) is 0 Å². The molecule has 1 aliphatic heterocycles. The van der Waals surface area contributed by atoms with E-state index in [-0.39, 0.29) is 40.5 Å². The molecule has 1 aromatic carbocycles. The molecule has 0 spiro atoms. The van der Waals surface area contributed by atoms with Crippen LogP contribution in [0.1, 0.15) is 36.4 Å². The number of ether oxygens (including phenoxy) is 2. The third-order valence-electron chi connectivity index (χ3n) is 5.36. The number of benzene rings is 1. The summed E-state index contributed by atoms with van der Waals surface area (Å²) in [5, 5.41) is 13.5. The average Bonchev–Trinajstić information content (AvgIpc) is 2.85. The van der Waals surface area contributed by atoms with Crippen LogP contribution in [0.5, 0.6) is 6.01 Å². The molecule has 3 aromatic rings. The van der Waals surface area contributed by atoms with Gasteiger partial charge in [-0.3, -0.25) is 4.98 Å². The third kappa shape index (κ3) is 6.02. The highest BCUT2D eigenvalue weighted by molar-refractivity contribution is 5.80. The fraction of sp³-hybridized carbons (Fsp3) is 0.348. The number of aromatic nitrogens is 3. The first-order valence-corrected chi connectivity index (χ1v) is 10.7. The summed E-state index contributed by atoms with van der Waals surface area (Å²) in [5.74, 6) is -4.51. The minimum Gasteiger partial charge on any atom is -0.457 e. The number of nitrogens with one attached hydrogen (secondary N) is 1. The Morgan fingerprint density at radius 3 is 2.53 bits per heavy atom. The van der Waals surface area contributed by atoms with Crippen LogP contribution in [0.4, 0.5) is 32.0 Å². The summed E-state index contributed by atoms with van der Waals surface area (Å²) in [5.41, 5.74) is 0.110. The first-order valence-electron chi connectivity index (χ1n) is 10.7. The topological polar surface area (TPSA) is 89.4 Å². The highest BCUT2D eigenvalue weighted by Gasteiger charge is 2.38. The molecule has 0 amide bonds. The second-order valence-electron chi connectivity index (χ2n) is 7.99. The Morgan fingerprint density at radius 2 is 1.86 bits per heavy atom. The second-order valence-corrected chi connectivity index (χ2v) is 7.99. The number of anilines is 1. The third-order valence-corrected chi connectivity index (χ3v) is 5.36. The van der Waals surface area contributed by atoms with Gasteiger partial charge in [0.05, 0.1) is 11.4 Å². The molecule has 36 heavy (non-hydrogen) atoms. The SMILES string of the molecule is OC(Nc1c(-c2cc(F)ccc2F)ccnc1C1CCC(F)(F)CO1)c1cnc(OCC(F)F)nc1. The van der Waals surface area contributed by atoms with Crippen LogP contribution in [0.2, 0.25) is 0 Å². The Bertz CT molecular complexity index is 1190. The van der Waals surface area contributed by atoms with Crippen molar-refractivity contribution in [2.45, 2.75) is 37.5 Å². The number of hydrogen-bond donors (Lipinski definition) is 2. The molecule has 3 heterocycles. The smallest absolute Gasteiger partial charge is 0.316 e. The van der Waals surface area contributed by atoms with Gasteiger partial charge in [0.1, 0.15) is 24.3 Å². The minimum absolute atomic E-state index is 0.0164. The van der Waals surface area contributed by atoms with Crippen molar-refractivity contribution in [1.29, 1.82) is 0 Å². The first-order chi connectivity index (χ1) is 17.1. The Balaban J connectivity index is 1.68. The Morgan fingerprint density at radius 1 is 1.11 bits per heavy atom. The second kappa shape index (κ2) is 10.7. The molecular formula is C23H20F6N4O3. The minimum atomic E-state index is -3.01. The van der Waals surface area contributed by atoms with Crippen molar-refractivity contribution in [1.82, 2.24) is 15.0 Å². The van der Waals surface area contributed by atoms with Crippen molar-refractivity contribution in [3.05, 3.63) is 65.7 Å². The molecule has 4 rings (SSSR count). The van der Waals surface area contributed by atoms with E-state index in [9.17, 15) is 31.4 Å². The predicted octanol–water partition coefficient (Wildman–Crippen LogP) is 5.05. The van der Waals surface area contributed by atoms with Crippen LogP contribution in [0.15, 0.2) is 42.9 Å². The fourth-order valence-corrected chi connectivity index (χ4v) is 3.64. The molecule has 2 N–H and O–H groups in total. The van der Waals surface area contributed by atoms with E-state index in [0.717, 1.165) is 30.6 Å². The quantitative estimate of drug-likeness (QED) is 0.321. The number of halogens is 6. The number of aliphatic hydroxyl groups excluding tert-OH is 1. The predicted molar refractivity (Wildman–Crippen MR) is 115 cm³/mol. The van der Waals surface area contributed by atoms with Gasteiger partial charge in [-0.05, 0) is 30.7 Å². The molecule has 1 aliphatic rings. The van der Waals surface area contributed by atoms with Crippen LogP contribution in [-0.2, 0) is 4.74 Å². The molecule has 0 radical (unpaired) electrons. The van der Waals surface area contributed by atoms with Gasteiger partial charge in [0.15, 0.2) is 12.8 Å². The Hall–Kier alpha value is -3.45. The molecule has 1 saturated heterocycles. The van der Waals surface area contributed by atoms with E-state index in [1.807, 2.05) is 0 Å². The van der Waals surface area contributed by atoms with E-state index in [1.165, 1.54) is 12.3 Å². The van der Waals surface area contributed by atoms with Crippen LogP contribution >= 0.6 is 0 Å². The van der Waals surface area contributed by atoms with Crippen LogP contribution in [-0.4, -0.2) is 45.6 Å². The van der Waals surface area contributed by atoms with Gasteiger partial charge in [0.25, 0.3) is 12.3 Å². The van der Waals surface area contributed by atoms with Gasteiger partial charge in [0, 0.05) is 41.7 Å². The molecule has 2 aromatic heterocycles. The van der Waals surface area contributed by atoms with Crippen molar-refractivity contribution < 1.29 is 40.9 Å². The number of nitrogens with zero attached hydrogens (tertiary/aromatic N) is 3. The maximum atomic E-state index is 14.7. The molecule has 0 aliphatic carbocycles. The lowest BCUT2D eigenvalue weighted by Crippen LogP contribution is -2.31. The fourth-order valence-electron chi connectivity index (χ4n) is 3.64. The van der Waals surface area contributed by atoms with E-state index < -0.39 is 55.9 Å². The van der Waals surface area contributed by atoms with Crippen molar-refractivity contribution >= 4 is 5.69 Å². The lowest BCUT2D eigenvalue weighted by molar-refractivity contribution is -0.146. The Labute approximate surface area is 201 Å². The zero-order valence-electron chi connectivity index (χ0n) is 18.5. The van der Waals surface area contributed by atoms with E-state index >= 15 is 0 Å². The van der Waals surface area contributed by atoms with Crippen molar-refractivity contribution in [2.75, 3.05) is 18.5 Å². The molecule has 0 saturated carbocycles. The van der Waals surface area contributed by atoms with E-state index in [2.05, 4.69) is 20.3 Å². The maximum absolute atomic E-state index is 14.7. The molecule has 0 bridgehead atoms. The zero-order valence-corrected chi connectivity index (χ0v) is 18.5. The summed E-state index contributed by atoms with van der Waals surface area (Å²) in [4.78, 5) is 11.7. The summed E-state index contributed by atoms with van der Waals surface area (Å²) in [7, 11) is 0. The number of alkyl halides is 4. The lowest BCUT2D eigenvalue weighted by Gasteiger charge is -2.30. The molecule has 2 unspecified atom stereocenters. The highest BCUT2D eigenvalue weighted by Crippen LogP contribution is 2.42. The van der Waals surface area contributed by atoms with Gasteiger partial charge in [0.2, 0.25) is 0 Å². The standard InChI is InChI=1S/C23H20F6N4O3/c24-13-1-2-16(25)15(7-13)14-4-6-30-20(17-3-5-23(28,29)11-36-17)19(14)33-21(34)12-8-31-22(32-9-12)35-10-18(26)27/h1-2,4,6-9,17-18,21,33-34H,3,5,10-11H2. The number of aliphatic hydroxyl groups is 1. The first kappa shape index (κ1) is 25.6. The van der Waals surface area contributed by atoms with Crippen LogP contribution in [0, 0.1) is 11.6 Å². The number of rotatable bonds is 8. The molecular weight excluding hydrogens is 494 g/mol. The normalized spacial score (nSPS) is 18.2. The van der Waals surface area contributed by atoms with Gasteiger partial charge >= 0.3 is 6.01 Å². The molecule has 192 valence electrons. The molecule has 1 fully saturated rings. The van der Waals surface area contributed by atoms with Crippen molar-refractivity contribution in [3.8, 4) is 17.1 Å². The van der Waals surface area contributed by atoms with Gasteiger partial charge in [-0.25, -0.2) is 36.3 Å². The van der Waals surface area contributed by atoms with Crippen LogP contribution < -0.4 is 10.1 Å². The summed E-state index contributed by atoms with van der Waals surface area (Å²) in [6, 6.07) is 3.83. The molecule has 2 atom stereocenters. The summed E-state index contributed by atoms with van der Waals surface area (Å²) in [6.45, 7) is -1.77. The van der Waals surface area contributed by atoms with E-state index in [1.54, 1.807) is 0 Å². The van der Waals surface area contributed by atoms with Crippen molar-refractivity contribution in [2.24, 2.45) is 0 Å². The highest BCUT2D eigenvalue weighted by atomic mass is 19.3. The average molecular weight is 514 g/mol. The maximum Gasteiger partial charge on any atom is 0.316 e. The van der Waals surface area contributed by atoms with Crippen molar-refractivity contribution in [3.63, 3.8) is 0 Å². The van der Waals surface area contributed by atoms with Gasteiger partial charge < -0.3 is 19.9 Å². The van der Waals surface area contributed by atoms with Crippen LogP contribution in [0.25, 0.3) is 11.1 Å². The van der Waals surface area contributed by atoms with Gasteiger partial charge in [-0.2, -0.15) is 0 Å².